The highest BCUT2D eigenvalue weighted by molar-refractivity contribution is 8.00. The number of rotatable bonds is 2. The molecule has 0 spiro atoms. The molecule has 3 nitrogen and oxygen atoms in total. The van der Waals surface area contributed by atoms with Crippen LogP contribution in [0.3, 0.4) is 0 Å². The van der Waals surface area contributed by atoms with Gasteiger partial charge in [-0.15, -0.1) is 11.8 Å². The number of nitrogens with two attached hydrogens (primary N) is 1. The predicted octanol–water partition coefficient (Wildman–Crippen LogP) is 1.54. The zero-order valence-electron chi connectivity index (χ0n) is 7.27. The largest absolute Gasteiger partial charge is 0.384 e. The molecular weight excluding hydrogens is 184 g/mol. The zero-order chi connectivity index (χ0) is 9.10. The van der Waals surface area contributed by atoms with E-state index in [0.29, 0.717) is 11.1 Å². The summed E-state index contributed by atoms with van der Waals surface area (Å²) >= 11 is 1.82. The Morgan fingerprint density at radius 3 is 3.08 bits per heavy atom. The summed E-state index contributed by atoms with van der Waals surface area (Å²) in [6, 6.07) is 3.84. The molecule has 0 aliphatic carbocycles. The van der Waals surface area contributed by atoms with Gasteiger partial charge in [-0.2, -0.15) is 0 Å². The number of nitrogens with zero attached hydrogens (tertiary/aromatic N) is 1. The van der Waals surface area contributed by atoms with Crippen molar-refractivity contribution < 1.29 is 4.74 Å². The van der Waals surface area contributed by atoms with Crippen molar-refractivity contribution >= 4 is 17.6 Å². The topological polar surface area (TPSA) is 48.1 Å². The molecule has 70 valence electrons. The van der Waals surface area contributed by atoms with Crippen LogP contribution in [0.5, 0.6) is 0 Å². The third-order valence-corrected chi connectivity index (χ3v) is 3.17. The van der Waals surface area contributed by atoms with Gasteiger partial charge in [-0.25, -0.2) is 4.98 Å². The standard InChI is InChI=1S/C9H12N2OS/c10-9-2-1-7(5-11-9)13-8-3-4-12-6-8/h1-2,5,8H,3-4,6H2,(H2,10,11). The minimum Gasteiger partial charge on any atom is -0.384 e. The van der Waals surface area contributed by atoms with E-state index in [1.165, 1.54) is 4.90 Å². The second-order valence-electron chi connectivity index (χ2n) is 3.02. The molecule has 1 fully saturated rings. The average Bonchev–Trinajstić information content (AvgIpc) is 2.62. The van der Waals surface area contributed by atoms with Gasteiger partial charge in [0.1, 0.15) is 5.82 Å². The fourth-order valence-corrected chi connectivity index (χ4v) is 2.28. The summed E-state index contributed by atoms with van der Waals surface area (Å²) in [5.74, 6) is 0.576. The fourth-order valence-electron chi connectivity index (χ4n) is 1.26. The third kappa shape index (κ3) is 2.35. The molecule has 1 aliphatic heterocycles. The molecule has 0 amide bonds. The first-order valence-electron chi connectivity index (χ1n) is 4.30. The van der Waals surface area contributed by atoms with E-state index >= 15 is 0 Å². The first-order valence-corrected chi connectivity index (χ1v) is 5.18. The lowest BCUT2D eigenvalue weighted by atomic mass is 10.4. The lowest BCUT2D eigenvalue weighted by Gasteiger charge is -2.06. The molecule has 0 aromatic carbocycles. The normalized spacial score (nSPS) is 22.0. The Labute approximate surface area is 81.7 Å². The number of ether oxygens (including phenoxy) is 1. The van der Waals surface area contributed by atoms with Crippen LogP contribution in [0.1, 0.15) is 6.42 Å². The maximum Gasteiger partial charge on any atom is 0.123 e. The lowest BCUT2D eigenvalue weighted by Crippen LogP contribution is -2.00. The van der Waals surface area contributed by atoms with Crippen LogP contribution in [0.4, 0.5) is 5.82 Å². The maximum absolute atomic E-state index is 5.49. The summed E-state index contributed by atoms with van der Waals surface area (Å²) in [6.07, 6.45) is 2.95. The number of aromatic nitrogens is 1. The maximum atomic E-state index is 5.49. The number of pyridine rings is 1. The van der Waals surface area contributed by atoms with E-state index in [1.807, 2.05) is 30.1 Å². The third-order valence-electron chi connectivity index (χ3n) is 1.95. The Morgan fingerprint density at radius 2 is 2.46 bits per heavy atom. The molecule has 1 aliphatic rings. The first kappa shape index (κ1) is 8.84. The molecule has 2 rings (SSSR count). The predicted molar refractivity (Wildman–Crippen MR) is 53.7 cm³/mol. The van der Waals surface area contributed by atoms with E-state index in [2.05, 4.69) is 4.98 Å². The van der Waals surface area contributed by atoms with Gasteiger partial charge in [0.15, 0.2) is 0 Å². The van der Waals surface area contributed by atoms with Crippen molar-refractivity contribution in [2.24, 2.45) is 0 Å². The minimum absolute atomic E-state index is 0.576. The zero-order valence-corrected chi connectivity index (χ0v) is 8.09. The van der Waals surface area contributed by atoms with E-state index in [9.17, 15) is 0 Å². The fraction of sp³-hybridized carbons (Fsp3) is 0.444. The van der Waals surface area contributed by atoms with Crippen LogP contribution in [-0.4, -0.2) is 23.4 Å². The van der Waals surface area contributed by atoms with Crippen molar-refractivity contribution in [3.05, 3.63) is 18.3 Å². The van der Waals surface area contributed by atoms with Crippen molar-refractivity contribution in [3.63, 3.8) is 0 Å². The van der Waals surface area contributed by atoms with Crippen molar-refractivity contribution in [2.75, 3.05) is 18.9 Å². The monoisotopic (exact) mass is 196 g/mol. The van der Waals surface area contributed by atoms with Crippen LogP contribution in [-0.2, 0) is 4.74 Å². The number of thioether (sulfide) groups is 1. The van der Waals surface area contributed by atoms with Crippen molar-refractivity contribution in [3.8, 4) is 0 Å². The summed E-state index contributed by atoms with van der Waals surface area (Å²) in [6.45, 7) is 1.75. The van der Waals surface area contributed by atoms with E-state index in [1.54, 1.807) is 0 Å². The van der Waals surface area contributed by atoms with Crippen LogP contribution in [0.2, 0.25) is 0 Å². The summed E-state index contributed by atoms with van der Waals surface area (Å²) in [4.78, 5) is 5.21. The quantitative estimate of drug-likeness (QED) is 0.779. The molecule has 1 aromatic rings. The Kier molecular flexibility index (Phi) is 2.71. The molecule has 1 atom stereocenters. The van der Waals surface area contributed by atoms with Gasteiger partial charge in [0, 0.05) is 22.9 Å². The molecule has 0 saturated carbocycles. The molecule has 13 heavy (non-hydrogen) atoms. The number of hydrogen-bond acceptors (Lipinski definition) is 4. The van der Waals surface area contributed by atoms with Crippen LogP contribution in [0.25, 0.3) is 0 Å². The molecule has 1 saturated heterocycles. The second kappa shape index (κ2) is 3.98. The van der Waals surface area contributed by atoms with Crippen LogP contribution in [0.15, 0.2) is 23.2 Å². The summed E-state index contributed by atoms with van der Waals surface area (Å²) in [5, 5.41) is 0.588. The number of hydrogen-bond donors (Lipinski definition) is 1. The Hall–Kier alpha value is -0.740. The number of anilines is 1. The molecule has 1 unspecified atom stereocenters. The van der Waals surface area contributed by atoms with Crippen molar-refractivity contribution in [2.45, 2.75) is 16.6 Å². The van der Waals surface area contributed by atoms with Crippen LogP contribution < -0.4 is 5.73 Å². The van der Waals surface area contributed by atoms with Gasteiger partial charge in [-0.05, 0) is 18.6 Å². The van der Waals surface area contributed by atoms with Crippen LogP contribution in [0, 0.1) is 0 Å². The molecule has 1 aromatic heterocycles. The van der Waals surface area contributed by atoms with Gasteiger partial charge >= 0.3 is 0 Å². The van der Waals surface area contributed by atoms with Crippen molar-refractivity contribution in [1.82, 2.24) is 4.98 Å². The molecule has 4 heteroatoms. The summed E-state index contributed by atoms with van der Waals surface area (Å²) in [5.41, 5.74) is 5.49. The summed E-state index contributed by atoms with van der Waals surface area (Å²) in [7, 11) is 0. The van der Waals surface area contributed by atoms with Gasteiger partial charge in [-0.3, -0.25) is 0 Å². The Morgan fingerprint density at radius 1 is 1.54 bits per heavy atom. The van der Waals surface area contributed by atoms with E-state index in [-0.39, 0.29) is 0 Å². The van der Waals surface area contributed by atoms with Gasteiger partial charge in [0.25, 0.3) is 0 Å². The minimum atomic E-state index is 0.576. The highest BCUT2D eigenvalue weighted by Gasteiger charge is 2.16. The Bertz CT molecular complexity index is 269. The molecular formula is C9H12N2OS. The number of nitrogen functional groups attached to an aromatic ring is 1. The van der Waals surface area contributed by atoms with E-state index in [4.69, 9.17) is 10.5 Å². The van der Waals surface area contributed by atoms with Gasteiger partial charge in [-0.1, -0.05) is 0 Å². The Balaban J connectivity index is 1.97. The highest BCUT2D eigenvalue weighted by Crippen LogP contribution is 2.28. The molecule has 0 bridgehead atoms. The van der Waals surface area contributed by atoms with Gasteiger partial charge < -0.3 is 10.5 Å². The summed E-state index contributed by atoms with van der Waals surface area (Å²) < 4.78 is 5.29. The SMILES string of the molecule is Nc1ccc(SC2CCOC2)cn1. The van der Waals surface area contributed by atoms with Gasteiger partial charge in [0.2, 0.25) is 0 Å². The van der Waals surface area contributed by atoms with Crippen LogP contribution >= 0.6 is 11.8 Å². The first-order chi connectivity index (χ1) is 6.34. The lowest BCUT2D eigenvalue weighted by molar-refractivity contribution is 0.199. The van der Waals surface area contributed by atoms with Crippen molar-refractivity contribution in [1.29, 1.82) is 0 Å². The molecule has 2 heterocycles. The smallest absolute Gasteiger partial charge is 0.123 e. The van der Waals surface area contributed by atoms with Gasteiger partial charge in [0.05, 0.1) is 6.61 Å². The van der Waals surface area contributed by atoms with E-state index < -0.39 is 0 Å². The second-order valence-corrected chi connectivity index (χ2v) is 4.40. The average molecular weight is 196 g/mol. The molecule has 0 radical (unpaired) electrons. The molecule has 2 N–H and O–H groups in total. The van der Waals surface area contributed by atoms with E-state index in [0.717, 1.165) is 19.6 Å². The highest BCUT2D eigenvalue weighted by atomic mass is 32.2.